The van der Waals surface area contributed by atoms with Gasteiger partial charge in [0.05, 0.1) is 11.4 Å². The van der Waals surface area contributed by atoms with E-state index in [2.05, 4.69) is 35.2 Å². The van der Waals surface area contributed by atoms with E-state index in [1.165, 1.54) is 11.6 Å². The molecule has 0 atom stereocenters. The molecule has 0 aliphatic rings. The van der Waals surface area contributed by atoms with E-state index in [4.69, 9.17) is 0 Å². The van der Waals surface area contributed by atoms with Crippen molar-refractivity contribution in [1.82, 2.24) is 15.1 Å². The number of carbonyl (C=O) groups is 1. The molecule has 2 rings (SSSR count). The lowest BCUT2D eigenvalue weighted by atomic mass is 10.1. The van der Waals surface area contributed by atoms with Gasteiger partial charge < -0.3 is 5.32 Å². The molecule has 0 fully saturated rings. The highest BCUT2D eigenvalue weighted by Crippen LogP contribution is 2.13. The first kappa shape index (κ1) is 14.1. The average Bonchev–Trinajstić information content (AvgIpc) is 2.78. The monoisotopic (exact) mass is 269 g/mol. The molecule has 1 amide bonds. The largest absolute Gasteiger partial charge is 0.352 e. The van der Waals surface area contributed by atoms with Gasteiger partial charge in [-0.2, -0.15) is 5.10 Å². The predicted octanol–water partition coefficient (Wildman–Crippen LogP) is 2.33. The van der Waals surface area contributed by atoms with Gasteiger partial charge in [0.2, 0.25) is 5.91 Å². The third kappa shape index (κ3) is 3.35. The summed E-state index contributed by atoms with van der Waals surface area (Å²) in [7, 11) is 0. The van der Waals surface area contributed by atoms with E-state index in [0.717, 1.165) is 23.5 Å². The second kappa shape index (κ2) is 6.19. The summed E-state index contributed by atoms with van der Waals surface area (Å²) in [5.41, 5.74) is 4.36. The molecule has 0 radical (unpaired) electrons. The van der Waals surface area contributed by atoms with Crippen LogP contribution >= 0.6 is 0 Å². The van der Waals surface area contributed by atoms with Crippen molar-refractivity contribution in [3.05, 3.63) is 59.9 Å². The Kier molecular flexibility index (Phi) is 4.35. The first-order valence-electron chi connectivity index (χ1n) is 6.63. The van der Waals surface area contributed by atoms with Crippen LogP contribution in [-0.2, 0) is 11.2 Å². The maximum absolute atomic E-state index is 11.0. The molecule has 0 spiro atoms. The van der Waals surface area contributed by atoms with E-state index in [0.29, 0.717) is 6.54 Å². The van der Waals surface area contributed by atoms with Gasteiger partial charge in [-0.05, 0) is 50.1 Å². The van der Waals surface area contributed by atoms with Crippen LogP contribution in [0.5, 0.6) is 0 Å². The van der Waals surface area contributed by atoms with Crippen LogP contribution in [0, 0.1) is 13.8 Å². The van der Waals surface area contributed by atoms with Crippen LogP contribution in [0.15, 0.2) is 43.0 Å². The van der Waals surface area contributed by atoms with E-state index in [-0.39, 0.29) is 5.91 Å². The first-order valence-corrected chi connectivity index (χ1v) is 6.63. The fourth-order valence-corrected chi connectivity index (χ4v) is 2.10. The highest BCUT2D eigenvalue weighted by molar-refractivity contribution is 5.86. The molecule has 1 aromatic heterocycles. The lowest BCUT2D eigenvalue weighted by molar-refractivity contribution is -0.116. The number of hydrogen-bond donors (Lipinski definition) is 1. The molecule has 20 heavy (non-hydrogen) atoms. The van der Waals surface area contributed by atoms with Crippen molar-refractivity contribution in [3.63, 3.8) is 0 Å². The molecule has 4 nitrogen and oxygen atoms in total. The van der Waals surface area contributed by atoms with Crippen molar-refractivity contribution >= 4 is 5.91 Å². The molecule has 1 N–H and O–H groups in total. The van der Waals surface area contributed by atoms with Crippen molar-refractivity contribution < 1.29 is 4.79 Å². The average molecular weight is 269 g/mol. The minimum atomic E-state index is -0.135. The number of aryl methyl sites for hydroxylation is 2. The first-order chi connectivity index (χ1) is 9.60. The van der Waals surface area contributed by atoms with Gasteiger partial charge in [0, 0.05) is 12.2 Å². The molecule has 0 aliphatic carbocycles. The van der Waals surface area contributed by atoms with E-state index >= 15 is 0 Å². The molecule has 1 heterocycles. The third-order valence-electron chi connectivity index (χ3n) is 3.09. The summed E-state index contributed by atoms with van der Waals surface area (Å²) in [5, 5.41) is 7.22. The number of hydrogen-bond acceptors (Lipinski definition) is 2. The zero-order valence-electron chi connectivity index (χ0n) is 11.9. The summed E-state index contributed by atoms with van der Waals surface area (Å²) in [5.74, 6) is -0.135. The number of benzene rings is 1. The Labute approximate surface area is 119 Å². The smallest absolute Gasteiger partial charge is 0.243 e. The summed E-state index contributed by atoms with van der Waals surface area (Å²) < 4.78 is 1.93. The summed E-state index contributed by atoms with van der Waals surface area (Å²) >= 11 is 0. The molecule has 0 saturated heterocycles. The van der Waals surface area contributed by atoms with Gasteiger partial charge in [0.25, 0.3) is 0 Å². The van der Waals surface area contributed by atoms with Gasteiger partial charge >= 0.3 is 0 Å². The Morgan fingerprint density at radius 2 is 2.05 bits per heavy atom. The molecule has 0 aliphatic heterocycles. The molecule has 104 valence electrons. The standard InChI is InChI=1S/C16H19N3O/c1-4-16(20)17-10-9-14-5-7-15(8-6-14)19-13(3)11-12(2)18-19/h4-8,11H,1,9-10H2,2-3H3,(H,17,20). The van der Waals surface area contributed by atoms with Crippen molar-refractivity contribution in [1.29, 1.82) is 0 Å². The number of amides is 1. The third-order valence-corrected chi connectivity index (χ3v) is 3.09. The van der Waals surface area contributed by atoms with Gasteiger partial charge in [-0.1, -0.05) is 18.7 Å². The lowest BCUT2D eigenvalue weighted by Gasteiger charge is -2.06. The Balaban J connectivity index is 2.01. The number of aromatic nitrogens is 2. The predicted molar refractivity (Wildman–Crippen MR) is 79.9 cm³/mol. The van der Waals surface area contributed by atoms with Crippen LogP contribution in [0.4, 0.5) is 0 Å². The van der Waals surface area contributed by atoms with Crippen LogP contribution < -0.4 is 5.32 Å². The lowest BCUT2D eigenvalue weighted by Crippen LogP contribution is -2.23. The maximum Gasteiger partial charge on any atom is 0.243 e. The Morgan fingerprint density at radius 3 is 2.60 bits per heavy atom. The minimum absolute atomic E-state index is 0.135. The van der Waals surface area contributed by atoms with Gasteiger partial charge in [0.1, 0.15) is 0 Å². The number of nitrogens with zero attached hydrogens (tertiary/aromatic N) is 2. The zero-order valence-corrected chi connectivity index (χ0v) is 11.9. The second-order valence-corrected chi connectivity index (χ2v) is 4.75. The van der Waals surface area contributed by atoms with Gasteiger partial charge in [-0.25, -0.2) is 4.68 Å². The van der Waals surface area contributed by atoms with Crippen molar-refractivity contribution in [3.8, 4) is 5.69 Å². The molecule has 0 bridgehead atoms. The fourth-order valence-electron chi connectivity index (χ4n) is 2.10. The van der Waals surface area contributed by atoms with Crippen molar-refractivity contribution in [2.45, 2.75) is 20.3 Å². The highest BCUT2D eigenvalue weighted by atomic mass is 16.1. The molecule has 0 unspecified atom stereocenters. The summed E-state index contributed by atoms with van der Waals surface area (Å²) in [4.78, 5) is 11.0. The highest BCUT2D eigenvalue weighted by Gasteiger charge is 2.03. The topological polar surface area (TPSA) is 46.9 Å². The normalized spacial score (nSPS) is 10.3. The zero-order chi connectivity index (χ0) is 14.5. The van der Waals surface area contributed by atoms with Gasteiger partial charge in [0.15, 0.2) is 0 Å². The molecular weight excluding hydrogens is 250 g/mol. The summed E-state index contributed by atoms with van der Waals surface area (Å²) in [6.07, 6.45) is 2.09. The Bertz CT molecular complexity index is 611. The van der Waals surface area contributed by atoms with Gasteiger partial charge in [-0.15, -0.1) is 0 Å². The van der Waals surface area contributed by atoms with Gasteiger partial charge in [-0.3, -0.25) is 4.79 Å². The fraction of sp³-hybridized carbons (Fsp3) is 0.250. The van der Waals surface area contributed by atoms with Crippen LogP contribution in [0.3, 0.4) is 0 Å². The van der Waals surface area contributed by atoms with E-state index < -0.39 is 0 Å². The van der Waals surface area contributed by atoms with Crippen LogP contribution in [0.1, 0.15) is 17.0 Å². The molecule has 2 aromatic rings. The number of carbonyl (C=O) groups excluding carboxylic acids is 1. The van der Waals surface area contributed by atoms with Crippen molar-refractivity contribution in [2.75, 3.05) is 6.54 Å². The Morgan fingerprint density at radius 1 is 1.35 bits per heavy atom. The maximum atomic E-state index is 11.0. The summed E-state index contributed by atoms with van der Waals surface area (Å²) in [6, 6.07) is 10.3. The molecule has 0 saturated carbocycles. The molecule has 4 heteroatoms. The van der Waals surface area contributed by atoms with Crippen LogP contribution in [0.25, 0.3) is 5.69 Å². The van der Waals surface area contributed by atoms with E-state index in [1.807, 2.05) is 30.7 Å². The van der Waals surface area contributed by atoms with E-state index in [1.54, 1.807) is 0 Å². The SMILES string of the molecule is C=CC(=O)NCCc1ccc(-n2nc(C)cc2C)cc1. The van der Waals surface area contributed by atoms with Crippen molar-refractivity contribution in [2.24, 2.45) is 0 Å². The van der Waals surface area contributed by atoms with Crippen LogP contribution in [0.2, 0.25) is 0 Å². The second-order valence-electron chi connectivity index (χ2n) is 4.75. The molecular formula is C16H19N3O. The Hall–Kier alpha value is -2.36. The van der Waals surface area contributed by atoms with Crippen LogP contribution in [-0.4, -0.2) is 22.2 Å². The number of rotatable bonds is 5. The minimum Gasteiger partial charge on any atom is -0.352 e. The number of nitrogens with one attached hydrogen (secondary N) is 1. The molecule has 1 aromatic carbocycles. The summed E-state index contributed by atoms with van der Waals surface area (Å²) in [6.45, 7) is 8.06. The van der Waals surface area contributed by atoms with E-state index in [9.17, 15) is 4.79 Å². The quantitative estimate of drug-likeness (QED) is 0.847.